The van der Waals surface area contributed by atoms with Gasteiger partial charge in [-0.1, -0.05) is 67.6 Å². The van der Waals surface area contributed by atoms with E-state index < -0.39 is 0 Å². The second-order valence-corrected chi connectivity index (χ2v) is 6.34. The van der Waals surface area contributed by atoms with Gasteiger partial charge in [0.05, 0.1) is 5.56 Å². The number of hydrogen-bond acceptors (Lipinski definition) is 1. The number of carbonyl (C=O) groups excluding carboxylic acids is 1. The second-order valence-electron chi connectivity index (χ2n) is 6.34. The van der Waals surface area contributed by atoms with Gasteiger partial charge in [0.25, 0.3) is 5.91 Å². The van der Waals surface area contributed by atoms with Crippen molar-refractivity contribution in [2.45, 2.75) is 26.8 Å². The van der Waals surface area contributed by atoms with E-state index in [4.69, 9.17) is 5.73 Å². The lowest BCUT2D eigenvalue weighted by molar-refractivity contribution is 0.1000. The molecule has 1 aromatic heterocycles. The van der Waals surface area contributed by atoms with Crippen molar-refractivity contribution in [3.63, 3.8) is 0 Å². The van der Waals surface area contributed by atoms with Gasteiger partial charge in [0, 0.05) is 23.5 Å². The summed E-state index contributed by atoms with van der Waals surface area (Å²) in [6.45, 7) is 8.55. The lowest BCUT2D eigenvalue weighted by Crippen LogP contribution is -2.13. The Morgan fingerprint density at radius 1 is 1.04 bits per heavy atom. The molecule has 2 N–H and O–H groups in total. The third kappa shape index (κ3) is 3.08. The SMILES string of the molecule is C=CCn1c(C)c(C(N)=O)c(-c2ccc(-c3ccccc3)cc2)c1CC. The molecule has 0 aliphatic carbocycles. The molecule has 0 unspecified atom stereocenters. The number of benzene rings is 2. The Morgan fingerprint density at radius 3 is 2.15 bits per heavy atom. The summed E-state index contributed by atoms with van der Waals surface area (Å²) in [5.74, 6) is -0.387. The summed E-state index contributed by atoms with van der Waals surface area (Å²) >= 11 is 0. The minimum absolute atomic E-state index is 0.387. The number of carbonyl (C=O) groups is 1. The van der Waals surface area contributed by atoms with Gasteiger partial charge in [0.15, 0.2) is 0 Å². The normalized spacial score (nSPS) is 10.7. The van der Waals surface area contributed by atoms with E-state index >= 15 is 0 Å². The quantitative estimate of drug-likeness (QED) is 0.630. The van der Waals surface area contributed by atoms with Gasteiger partial charge < -0.3 is 10.3 Å². The van der Waals surface area contributed by atoms with Gasteiger partial charge in [-0.15, -0.1) is 6.58 Å². The number of nitrogens with zero attached hydrogens (tertiary/aromatic N) is 1. The van der Waals surface area contributed by atoms with Gasteiger partial charge in [-0.25, -0.2) is 0 Å². The Morgan fingerprint density at radius 2 is 1.62 bits per heavy atom. The predicted molar refractivity (Wildman–Crippen MR) is 108 cm³/mol. The van der Waals surface area contributed by atoms with Gasteiger partial charge in [0.2, 0.25) is 0 Å². The molecule has 0 spiro atoms. The number of allylic oxidation sites excluding steroid dienone is 1. The third-order valence-electron chi connectivity index (χ3n) is 4.80. The summed E-state index contributed by atoms with van der Waals surface area (Å²) < 4.78 is 2.13. The monoisotopic (exact) mass is 344 g/mol. The van der Waals surface area contributed by atoms with Crippen LogP contribution in [0.3, 0.4) is 0 Å². The molecule has 0 saturated carbocycles. The highest BCUT2D eigenvalue weighted by molar-refractivity contribution is 6.02. The van der Waals surface area contributed by atoms with Gasteiger partial charge in [0.1, 0.15) is 0 Å². The van der Waals surface area contributed by atoms with E-state index in [0.29, 0.717) is 12.1 Å². The van der Waals surface area contributed by atoms with Gasteiger partial charge in [-0.2, -0.15) is 0 Å². The van der Waals surface area contributed by atoms with E-state index in [1.165, 1.54) is 5.56 Å². The molecule has 0 aliphatic rings. The summed E-state index contributed by atoms with van der Waals surface area (Å²) in [6.07, 6.45) is 2.66. The maximum absolute atomic E-state index is 12.2. The van der Waals surface area contributed by atoms with Gasteiger partial charge in [-0.3, -0.25) is 4.79 Å². The van der Waals surface area contributed by atoms with E-state index in [1.807, 2.05) is 31.2 Å². The van der Waals surface area contributed by atoms with E-state index in [1.54, 1.807) is 0 Å². The third-order valence-corrected chi connectivity index (χ3v) is 4.80. The lowest BCUT2D eigenvalue weighted by atomic mass is 9.96. The first-order chi connectivity index (χ1) is 12.6. The smallest absolute Gasteiger partial charge is 0.251 e. The zero-order valence-corrected chi connectivity index (χ0v) is 15.3. The molecular weight excluding hydrogens is 320 g/mol. The fraction of sp³-hybridized carbons (Fsp3) is 0.174. The number of rotatable bonds is 6. The van der Waals surface area contributed by atoms with E-state index in [-0.39, 0.29) is 5.91 Å². The van der Waals surface area contributed by atoms with Crippen molar-refractivity contribution >= 4 is 5.91 Å². The maximum atomic E-state index is 12.2. The van der Waals surface area contributed by atoms with Crippen LogP contribution in [0.5, 0.6) is 0 Å². The number of amides is 1. The molecule has 3 nitrogen and oxygen atoms in total. The van der Waals surface area contributed by atoms with Crippen LogP contribution in [0.4, 0.5) is 0 Å². The molecule has 132 valence electrons. The van der Waals surface area contributed by atoms with Crippen molar-refractivity contribution < 1.29 is 4.79 Å². The average Bonchev–Trinajstić information content (AvgIpc) is 2.95. The van der Waals surface area contributed by atoms with Crippen molar-refractivity contribution in [2.75, 3.05) is 0 Å². The molecular formula is C23H24N2O. The first-order valence-corrected chi connectivity index (χ1v) is 8.87. The van der Waals surface area contributed by atoms with Crippen LogP contribution in [0.25, 0.3) is 22.3 Å². The molecule has 3 rings (SSSR count). The Hall–Kier alpha value is -3.07. The topological polar surface area (TPSA) is 48.0 Å². The van der Waals surface area contributed by atoms with E-state index in [0.717, 1.165) is 34.5 Å². The van der Waals surface area contributed by atoms with Crippen LogP contribution in [0.1, 0.15) is 28.7 Å². The largest absolute Gasteiger partial charge is 0.366 e. The molecule has 0 aliphatic heterocycles. The average molecular weight is 344 g/mol. The predicted octanol–water partition coefficient (Wildman–Crippen LogP) is 4.98. The number of primary amides is 1. The van der Waals surface area contributed by atoms with Crippen LogP contribution < -0.4 is 5.73 Å². The molecule has 0 bridgehead atoms. The summed E-state index contributed by atoms with van der Waals surface area (Å²) in [5, 5.41) is 0. The molecule has 26 heavy (non-hydrogen) atoms. The van der Waals surface area contributed by atoms with Gasteiger partial charge in [-0.05, 0) is 30.0 Å². The standard InChI is InChI=1S/C23H24N2O/c1-4-15-25-16(3)21(23(24)26)22(20(25)5-2)19-13-11-18(12-14-19)17-9-7-6-8-10-17/h4,6-14H,1,5,15H2,2-3H3,(H2,24,26). The number of aromatic nitrogens is 1. The minimum atomic E-state index is -0.387. The lowest BCUT2D eigenvalue weighted by Gasteiger charge is -2.10. The van der Waals surface area contributed by atoms with E-state index in [9.17, 15) is 4.79 Å². The van der Waals surface area contributed by atoms with E-state index in [2.05, 4.69) is 54.5 Å². The van der Waals surface area contributed by atoms with Crippen LogP contribution in [0, 0.1) is 6.92 Å². The van der Waals surface area contributed by atoms with Crippen LogP contribution in [-0.4, -0.2) is 10.5 Å². The molecule has 2 aromatic carbocycles. The molecule has 0 radical (unpaired) electrons. The number of hydrogen-bond donors (Lipinski definition) is 1. The molecule has 0 fully saturated rings. The second kappa shape index (κ2) is 7.44. The molecule has 0 atom stereocenters. The van der Waals surface area contributed by atoms with Crippen LogP contribution in [0.15, 0.2) is 67.3 Å². The summed E-state index contributed by atoms with van der Waals surface area (Å²) in [6, 6.07) is 18.6. The highest BCUT2D eigenvalue weighted by Gasteiger charge is 2.23. The molecule has 3 heteroatoms. The van der Waals surface area contributed by atoms with Crippen molar-refractivity contribution in [1.29, 1.82) is 0 Å². The molecule has 1 amide bonds. The zero-order chi connectivity index (χ0) is 18.7. The Balaban J connectivity index is 2.15. The molecule has 3 aromatic rings. The Kier molecular flexibility index (Phi) is 5.08. The molecule has 0 saturated heterocycles. The van der Waals surface area contributed by atoms with Crippen molar-refractivity contribution in [3.8, 4) is 22.3 Å². The Labute approximate surface area is 154 Å². The first-order valence-electron chi connectivity index (χ1n) is 8.87. The fourth-order valence-corrected chi connectivity index (χ4v) is 3.61. The van der Waals surface area contributed by atoms with Crippen LogP contribution >= 0.6 is 0 Å². The van der Waals surface area contributed by atoms with Gasteiger partial charge >= 0.3 is 0 Å². The highest BCUT2D eigenvalue weighted by Crippen LogP contribution is 2.34. The van der Waals surface area contributed by atoms with Crippen LogP contribution in [0.2, 0.25) is 0 Å². The summed E-state index contributed by atoms with van der Waals surface area (Å²) in [4.78, 5) is 12.2. The van der Waals surface area contributed by atoms with Crippen molar-refractivity contribution in [3.05, 3.63) is 84.2 Å². The fourth-order valence-electron chi connectivity index (χ4n) is 3.61. The van der Waals surface area contributed by atoms with Crippen LogP contribution in [-0.2, 0) is 13.0 Å². The first kappa shape index (κ1) is 17.7. The highest BCUT2D eigenvalue weighted by atomic mass is 16.1. The summed E-state index contributed by atoms with van der Waals surface area (Å²) in [5.41, 5.74) is 12.6. The number of nitrogens with two attached hydrogens (primary N) is 1. The van der Waals surface area contributed by atoms with Crippen molar-refractivity contribution in [1.82, 2.24) is 4.57 Å². The van der Waals surface area contributed by atoms with Crippen molar-refractivity contribution in [2.24, 2.45) is 5.73 Å². The Bertz CT molecular complexity index is 935. The maximum Gasteiger partial charge on any atom is 0.251 e. The molecule has 1 heterocycles. The zero-order valence-electron chi connectivity index (χ0n) is 15.3. The summed E-state index contributed by atoms with van der Waals surface area (Å²) in [7, 11) is 0. The minimum Gasteiger partial charge on any atom is -0.366 e.